The van der Waals surface area contributed by atoms with Crippen LogP contribution in [0.3, 0.4) is 0 Å². The molecule has 0 saturated heterocycles. The molecule has 0 aliphatic heterocycles. The number of halogens is 3. The molecule has 2 aromatic rings. The first-order valence-corrected chi connectivity index (χ1v) is 5.87. The molecular formula is C13H12F3N3O. The van der Waals surface area contributed by atoms with Crippen LogP contribution in [0.5, 0.6) is 0 Å². The zero-order chi connectivity index (χ0) is 14.6. The van der Waals surface area contributed by atoms with E-state index in [0.29, 0.717) is 11.2 Å². The molecule has 0 unspecified atom stereocenters. The third kappa shape index (κ3) is 3.92. The summed E-state index contributed by atoms with van der Waals surface area (Å²) in [6.45, 7) is -1.61. The standard InChI is InChI=1S/C13H12F3N3O/c14-13(15,16)8-17-7-11(20)19-10-5-1-3-9-4-2-6-18-12(9)10/h1-6,17H,7-8H2,(H,19,20). The van der Waals surface area contributed by atoms with Crippen molar-refractivity contribution >= 4 is 22.5 Å². The SMILES string of the molecule is O=C(CNCC(F)(F)F)Nc1cccc2cccnc12. The predicted molar refractivity (Wildman–Crippen MR) is 69.3 cm³/mol. The van der Waals surface area contributed by atoms with Crippen LogP contribution in [0.2, 0.25) is 0 Å². The van der Waals surface area contributed by atoms with Crippen molar-refractivity contribution in [3.05, 3.63) is 36.5 Å². The van der Waals surface area contributed by atoms with E-state index in [1.807, 2.05) is 17.4 Å². The molecule has 0 spiro atoms. The molecule has 106 valence electrons. The second-order valence-corrected chi connectivity index (χ2v) is 4.15. The maximum atomic E-state index is 11.9. The summed E-state index contributed by atoms with van der Waals surface area (Å²) in [6, 6.07) is 8.82. The fraction of sp³-hybridized carbons (Fsp3) is 0.231. The van der Waals surface area contributed by atoms with Gasteiger partial charge in [0.1, 0.15) is 0 Å². The van der Waals surface area contributed by atoms with E-state index in [4.69, 9.17) is 0 Å². The number of aromatic nitrogens is 1. The smallest absolute Gasteiger partial charge is 0.323 e. The number of alkyl halides is 3. The van der Waals surface area contributed by atoms with Crippen LogP contribution in [0.25, 0.3) is 10.9 Å². The van der Waals surface area contributed by atoms with Crippen LogP contribution in [0.4, 0.5) is 18.9 Å². The Labute approximate surface area is 113 Å². The normalized spacial score (nSPS) is 11.6. The van der Waals surface area contributed by atoms with Gasteiger partial charge in [-0.2, -0.15) is 13.2 Å². The molecule has 20 heavy (non-hydrogen) atoms. The third-order valence-corrected chi connectivity index (χ3v) is 2.52. The second-order valence-electron chi connectivity index (χ2n) is 4.15. The van der Waals surface area contributed by atoms with Crippen molar-refractivity contribution in [1.82, 2.24) is 10.3 Å². The molecule has 1 aromatic carbocycles. The largest absolute Gasteiger partial charge is 0.401 e. The molecule has 1 amide bonds. The lowest BCUT2D eigenvalue weighted by atomic mass is 10.2. The summed E-state index contributed by atoms with van der Waals surface area (Å²) < 4.78 is 35.8. The van der Waals surface area contributed by atoms with E-state index in [1.165, 1.54) is 0 Å². The van der Waals surface area contributed by atoms with E-state index >= 15 is 0 Å². The lowest BCUT2D eigenvalue weighted by Gasteiger charge is -2.10. The fourth-order valence-corrected chi connectivity index (χ4v) is 1.72. The Balaban J connectivity index is 2.00. The van der Waals surface area contributed by atoms with E-state index in [-0.39, 0.29) is 0 Å². The highest BCUT2D eigenvalue weighted by Gasteiger charge is 2.26. The second kappa shape index (κ2) is 5.87. The Morgan fingerprint density at radius 2 is 1.95 bits per heavy atom. The number of amides is 1. The molecule has 0 bridgehead atoms. The molecule has 0 fully saturated rings. The number of hydrogen-bond donors (Lipinski definition) is 2. The summed E-state index contributed by atoms with van der Waals surface area (Å²) in [4.78, 5) is 15.7. The number of nitrogens with zero attached hydrogens (tertiary/aromatic N) is 1. The molecule has 1 aromatic heterocycles. The van der Waals surface area contributed by atoms with Gasteiger partial charge in [0, 0.05) is 11.6 Å². The summed E-state index contributed by atoms with van der Waals surface area (Å²) in [7, 11) is 0. The molecule has 0 radical (unpaired) electrons. The molecule has 0 aliphatic rings. The topological polar surface area (TPSA) is 54.0 Å². The number of nitrogens with one attached hydrogen (secondary N) is 2. The molecule has 1 heterocycles. The van der Waals surface area contributed by atoms with E-state index < -0.39 is 25.2 Å². The number of carbonyl (C=O) groups excluding carboxylic acids is 1. The first-order chi connectivity index (χ1) is 9.46. The Bertz CT molecular complexity index is 608. The maximum absolute atomic E-state index is 11.9. The van der Waals surface area contributed by atoms with Gasteiger partial charge in [0.25, 0.3) is 0 Å². The van der Waals surface area contributed by atoms with Gasteiger partial charge in [-0.3, -0.25) is 9.78 Å². The summed E-state index contributed by atoms with van der Waals surface area (Å²) >= 11 is 0. The van der Waals surface area contributed by atoms with Crippen LogP contribution in [0.1, 0.15) is 0 Å². The summed E-state index contributed by atoms with van der Waals surface area (Å²) in [6.07, 6.45) is -2.75. The number of para-hydroxylation sites is 1. The van der Waals surface area contributed by atoms with Gasteiger partial charge >= 0.3 is 6.18 Å². The number of carbonyl (C=O) groups is 1. The first kappa shape index (κ1) is 14.3. The molecule has 4 nitrogen and oxygen atoms in total. The molecule has 2 rings (SSSR count). The van der Waals surface area contributed by atoms with Crippen molar-refractivity contribution in [2.24, 2.45) is 0 Å². The van der Waals surface area contributed by atoms with Crippen molar-refractivity contribution in [1.29, 1.82) is 0 Å². The van der Waals surface area contributed by atoms with Crippen molar-refractivity contribution < 1.29 is 18.0 Å². The zero-order valence-electron chi connectivity index (χ0n) is 10.4. The number of anilines is 1. The monoisotopic (exact) mass is 283 g/mol. The number of hydrogen-bond acceptors (Lipinski definition) is 3. The van der Waals surface area contributed by atoms with Gasteiger partial charge in [0.2, 0.25) is 5.91 Å². The molecule has 0 atom stereocenters. The molecule has 0 saturated carbocycles. The van der Waals surface area contributed by atoms with Gasteiger partial charge in [0.05, 0.1) is 24.3 Å². The number of pyridine rings is 1. The van der Waals surface area contributed by atoms with Crippen molar-refractivity contribution in [2.75, 3.05) is 18.4 Å². The van der Waals surface area contributed by atoms with Gasteiger partial charge in [0.15, 0.2) is 0 Å². The Kier molecular flexibility index (Phi) is 4.19. The quantitative estimate of drug-likeness (QED) is 0.905. The number of fused-ring (bicyclic) bond motifs is 1. The number of benzene rings is 1. The molecule has 7 heteroatoms. The van der Waals surface area contributed by atoms with Crippen molar-refractivity contribution in [3.8, 4) is 0 Å². The maximum Gasteiger partial charge on any atom is 0.401 e. The van der Waals surface area contributed by atoms with Gasteiger partial charge < -0.3 is 10.6 Å². The minimum Gasteiger partial charge on any atom is -0.323 e. The van der Waals surface area contributed by atoms with Crippen LogP contribution in [0, 0.1) is 0 Å². The highest BCUT2D eigenvalue weighted by atomic mass is 19.4. The van der Waals surface area contributed by atoms with E-state index in [0.717, 1.165) is 5.39 Å². The lowest BCUT2D eigenvalue weighted by Crippen LogP contribution is -2.35. The minimum atomic E-state index is -4.33. The van der Waals surface area contributed by atoms with Crippen LogP contribution >= 0.6 is 0 Å². The van der Waals surface area contributed by atoms with E-state index in [9.17, 15) is 18.0 Å². The summed E-state index contributed by atoms with van der Waals surface area (Å²) in [5.41, 5.74) is 1.07. The highest BCUT2D eigenvalue weighted by molar-refractivity contribution is 6.00. The van der Waals surface area contributed by atoms with E-state index in [2.05, 4.69) is 10.3 Å². The van der Waals surface area contributed by atoms with Crippen LogP contribution < -0.4 is 10.6 Å². The Morgan fingerprint density at radius 3 is 2.70 bits per heavy atom. The van der Waals surface area contributed by atoms with Gasteiger partial charge in [-0.1, -0.05) is 18.2 Å². The Hall–Kier alpha value is -2.15. The fourth-order valence-electron chi connectivity index (χ4n) is 1.72. The van der Waals surface area contributed by atoms with Crippen LogP contribution in [-0.2, 0) is 4.79 Å². The first-order valence-electron chi connectivity index (χ1n) is 5.87. The molecule has 0 aliphatic carbocycles. The summed E-state index contributed by atoms with van der Waals surface area (Å²) in [5.74, 6) is -0.549. The van der Waals surface area contributed by atoms with Crippen molar-refractivity contribution in [3.63, 3.8) is 0 Å². The van der Waals surface area contributed by atoms with Gasteiger partial charge in [-0.05, 0) is 12.1 Å². The highest BCUT2D eigenvalue weighted by Crippen LogP contribution is 2.20. The van der Waals surface area contributed by atoms with E-state index in [1.54, 1.807) is 24.4 Å². The van der Waals surface area contributed by atoms with Crippen LogP contribution in [-0.4, -0.2) is 30.2 Å². The van der Waals surface area contributed by atoms with Gasteiger partial charge in [-0.15, -0.1) is 0 Å². The molecular weight excluding hydrogens is 271 g/mol. The average molecular weight is 283 g/mol. The van der Waals surface area contributed by atoms with Gasteiger partial charge in [-0.25, -0.2) is 0 Å². The summed E-state index contributed by atoms with van der Waals surface area (Å²) in [5, 5.41) is 5.42. The zero-order valence-corrected chi connectivity index (χ0v) is 10.4. The average Bonchev–Trinajstić information content (AvgIpc) is 2.37. The third-order valence-electron chi connectivity index (χ3n) is 2.52. The Morgan fingerprint density at radius 1 is 1.20 bits per heavy atom. The van der Waals surface area contributed by atoms with Crippen molar-refractivity contribution in [2.45, 2.75) is 6.18 Å². The number of rotatable bonds is 4. The molecule has 2 N–H and O–H groups in total. The lowest BCUT2D eigenvalue weighted by molar-refractivity contribution is -0.126. The van der Waals surface area contributed by atoms with Crippen LogP contribution in [0.15, 0.2) is 36.5 Å². The minimum absolute atomic E-state index is 0.414. The predicted octanol–water partition coefficient (Wildman–Crippen LogP) is 2.33.